The third-order valence-electron chi connectivity index (χ3n) is 3.67. The van der Waals surface area contributed by atoms with Crippen LogP contribution in [-0.2, 0) is 14.4 Å². The van der Waals surface area contributed by atoms with E-state index in [1.165, 1.54) is 6.92 Å². The van der Waals surface area contributed by atoms with E-state index in [9.17, 15) is 14.4 Å². The van der Waals surface area contributed by atoms with Crippen LogP contribution in [0.3, 0.4) is 0 Å². The first-order valence-electron chi connectivity index (χ1n) is 6.96. The first kappa shape index (κ1) is 15.8. The Morgan fingerprint density at radius 3 is 2.73 bits per heavy atom. The van der Waals surface area contributed by atoms with Crippen LogP contribution < -0.4 is 15.4 Å². The minimum atomic E-state index is -1.36. The number of anilines is 1. The predicted molar refractivity (Wildman–Crippen MR) is 78.6 cm³/mol. The summed E-state index contributed by atoms with van der Waals surface area (Å²) in [6.45, 7) is 3.08. The average Bonchev–Trinajstić information content (AvgIpc) is 2.47. The Morgan fingerprint density at radius 2 is 2.09 bits per heavy atom. The zero-order chi connectivity index (χ0) is 16.3. The minimum absolute atomic E-state index is 0.231. The molecule has 1 aromatic carbocycles. The number of hydrogen-bond acceptors (Lipinski definition) is 4. The number of fused-ring (bicyclic) bond motifs is 1. The first-order chi connectivity index (χ1) is 10.4. The molecule has 1 aromatic rings. The lowest BCUT2D eigenvalue weighted by molar-refractivity contribution is -0.147. The Bertz CT molecular complexity index is 616. The molecule has 7 heteroatoms. The van der Waals surface area contributed by atoms with E-state index in [-0.39, 0.29) is 12.8 Å². The van der Waals surface area contributed by atoms with Gasteiger partial charge in [-0.2, -0.15) is 0 Å². The number of ether oxygens (including phenoxy) is 1. The largest absolute Gasteiger partial charge is 0.480 e. The number of aliphatic carboxylic acids is 1. The Morgan fingerprint density at radius 1 is 1.41 bits per heavy atom. The number of para-hydroxylation sites is 2. The minimum Gasteiger partial charge on any atom is -0.480 e. The Labute approximate surface area is 127 Å². The summed E-state index contributed by atoms with van der Waals surface area (Å²) in [7, 11) is 0. The molecule has 0 aromatic heterocycles. The van der Waals surface area contributed by atoms with Crippen molar-refractivity contribution in [1.29, 1.82) is 0 Å². The van der Waals surface area contributed by atoms with Crippen molar-refractivity contribution in [2.24, 2.45) is 0 Å². The Kier molecular flexibility index (Phi) is 4.35. The van der Waals surface area contributed by atoms with Crippen LogP contribution in [0.15, 0.2) is 24.3 Å². The van der Waals surface area contributed by atoms with Gasteiger partial charge in [0.15, 0.2) is 6.10 Å². The molecule has 0 bridgehead atoms. The second kappa shape index (κ2) is 6.05. The quantitative estimate of drug-likeness (QED) is 0.757. The van der Waals surface area contributed by atoms with E-state index in [0.29, 0.717) is 11.4 Å². The lowest BCUT2D eigenvalue weighted by Crippen LogP contribution is -2.53. The van der Waals surface area contributed by atoms with E-state index in [1.54, 1.807) is 31.2 Å². The number of benzene rings is 1. The molecule has 0 saturated carbocycles. The van der Waals surface area contributed by atoms with Crippen molar-refractivity contribution in [3.05, 3.63) is 24.3 Å². The molecule has 1 aliphatic rings. The fraction of sp³-hybridized carbons (Fsp3) is 0.400. The fourth-order valence-electron chi connectivity index (χ4n) is 2.05. The molecule has 2 amide bonds. The Balaban J connectivity index is 2.04. The third kappa shape index (κ3) is 3.19. The second-order valence-corrected chi connectivity index (χ2v) is 5.34. The molecule has 22 heavy (non-hydrogen) atoms. The number of carbonyl (C=O) groups excluding carboxylic acids is 2. The third-order valence-corrected chi connectivity index (χ3v) is 3.67. The highest BCUT2D eigenvalue weighted by Gasteiger charge is 2.35. The summed E-state index contributed by atoms with van der Waals surface area (Å²) in [5.41, 5.74) is -0.812. The van der Waals surface area contributed by atoms with Gasteiger partial charge in [0.2, 0.25) is 5.91 Å². The Hall–Kier alpha value is -2.57. The molecule has 1 aliphatic heterocycles. The van der Waals surface area contributed by atoms with E-state index < -0.39 is 29.4 Å². The van der Waals surface area contributed by atoms with E-state index in [1.807, 2.05) is 0 Å². The zero-order valence-corrected chi connectivity index (χ0v) is 12.4. The molecular weight excluding hydrogens is 288 g/mol. The maximum atomic E-state index is 12.0. The van der Waals surface area contributed by atoms with Gasteiger partial charge in [-0.3, -0.25) is 9.59 Å². The van der Waals surface area contributed by atoms with Gasteiger partial charge >= 0.3 is 5.97 Å². The molecular formula is C15H18N2O5. The normalized spacial score (nSPS) is 19.2. The highest BCUT2D eigenvalue weighted by Crippen LogP contribution is 2.29. The van der Waals surface area contributed by atoms with Gasteiger partial charge in [0.05, 0.1) is 12.1 Å². The van der Waals surface area contributed by atoms with Crippen LogP contribution in [-0.4, -0.2) is 34.5 Å². The predicted octanol–water partition coefficient (Wildman–Crippen LogP) is 1.15. The molecule has 2 rings (SSSR count). The average molecular weight is 306 g/mol. The molecule has 0 radical (unpaired) electrons. The molecule has 118 valence electrons. The number of nitrogens with one attached hydrogen (secondary N) is 2. The maximum absolute atomic E-state index is 12.0. The van der Waals surface area contributed by atoms with E-state index >= 15 is 0 Å². The smallest absolute Gasteiger partial charge is 0.329 e. The van der Waals surface area contributed by atoms with Gasteiger partial charge in [-0.05, 0) is 25.5 Å². The number of carboxylic acids is 1. The van der Waals surface area contributed by atoms with Crippen LogP contribution in [0.1, 0.15) is 26.7 Å². The first-order valence-corrected chi connectivity index (χ1v) is 6.96. The number of carboxylic acid groups (broad SMARTS) is 1. The summed E-state index contributed by atoms with van der Waals surface area (Å²) in [4.78, 5) is 35.1. The van der Waals surface area contributed by atoms with Gasteiger partial charge < -0.3 is 20.5 Å². The second-order valence-electron chi connectivity index (χ2n) is 5.34. The highest BCUT2D eigenvalue weighted by molar-refractivity contribution is 6.00. The fourth-order valence-corrected chi connectivity index (χ4v) is 2.05. The summed E-state index contributed by atoms with van der Waals surface area (Å²) >= 11 is 0. The van der Waals surface area contributed by atoms with Gasteiger partial charge in [-0.1, -0.05) is 19.1 Å². The molecule has 0 aliphatic carbocycles. The lowest BCUT2D eigenvalue weighted by atomic mass is 9.98. The SMILES string of the molecule is CCC(C)(NC(=O)CC1Oc2ccccc2NC1=O)C(=O)O. The van der Waals surface area contributed by atoms with Crippen molar-refractivity contribution >= 4 is 23.5 Å². The van der Waals surface area contributed by atoms with Crippen molar-refractivity contribution in [3.63, 3.8) is 0 Å². The van der Waals surface area contributed by atoms with Gasteiger partial charge in [0, 0.05) is 0 Å². The van der Waals surface area contributed by atoms with Crippen LogP contribution in [0, 0.1) is 0 Å². The molecule has 2 atom stereocenters. The van der Waals surface area contributed by atoms with Crippen molar-refractivity contribution in [2.75, 3.05) is 5.32 Å². The highest BCUT2D eigenvalue weighted by atomic mass is 16.5. The van der Waals surface area contributed by atoms with Crippen LogP contribution in [0.4, 0.5) is 5.69 Å². The summed E-state index contributed by atoms with van der Waals surface area (Å²) in [6.07, 6.45) is -0.998. The molecule has 0 spiro atoms. The van der Waals surface area contributed by atoms with Crippen molar-refractivity contribution in [2.45, 2.75) is 38.3 Å². The number of amides is 2. The van der Waals surface area contributed by atoms with Gasteiger partial charge in [0.25, 0.3) is 5.91 Å². The summed E-state index contributed by atoms with van der Waals surface area (Å²) < 4.78 is 5.50. The summed E-state index contributed by atoms with van der Waals surface area (Å²) in [6, 6.07) is 6.90. The van der Waals surface area contributed by atoms with E-state index in [4.69, 9.17) is 9.84 Å². The summed E-state index contributed by atoms with van der Waals surface area (Å²) in [5, 5.41) is 14.2. The molecule has 0 fully saturated rings. The molecule has 1 heterocycles. The monoisotopic (exact) mass is 306 g/mol. The van der Waals surface area contributed by atoms with Crippen molar-refractivity contribution in [3.8, 4) is 5.75 Å². The van der Waals surface area contributed by atoms with E-state index in [2.05, 4.69) is 10.6 Å². The number of carbonyl (C=O) groups is 3. The van der Waals surface area contributed by atoms with Gasteiger partial charge in [-0.25, -0.2) is 4.79 Å². The topological polar surface area (TPSA) is 105 Å². The molecule has 0 saturated heterocycles. The number of hydrogen-bond donors (Lipinski definition) is 3. The summed E-state index contributed by atoms with van der Waals surface area (Å²) in [5.74, 6) is -1.62. The molecule has 3 N–H and O–H groups in total. The van der Waals surface area contributed by atoms with Crippen LogP contribution in [0.2, 0.25) is 0 Å². The lowest BCUT2D eigenvalue weighted by Gasteiger charge is -2.28. The van der Waals surface area contributed by atoms with E-state index in [0.717, 1.165) is 0 Å². The van der Waals surface area contributed by atoms with Crippen LogP contribution in [0.25, 0.3) is 0 Å². The maximum Gasteiger partial charge on any atom is 0.329 e. The van der Waals surface area contributed by atoms with Gasteiger partial charge in [-0.15, -0.1) is 0 Å². The van der Waals surface area contributed by atoms with Crippen molar-refractivity contribution < 1.29 is 24.2 Å². The molecule has 2 unspecified atom stereocenters. The number of rotatable bonds is 5. The van der Waals surface area contributed by atoms with Crippen LogP contribution in [0.5, 0.6) is 5.75 Å². The molecule has 7 nitrogen and oxygen atoms in total. The zero-order valence-electron chi connectivity index (χ0n) is 12.4. The van der Waals surface area contributed by atoms with Crippen molar-refractivity contribution in [1.82, 2.24) is 5.32 Å². The standard InChI is InChI=1S/C15H18N2O5/c1-3-15(2,14(20)21)17-12(18)8-11-13(19)16-9-6-4-5-7-10(9)22-11/h4-7,11H,3,8H2,1-2H3,(H,16,19)(H,17,18)(H,20,21). The van der Waals surface area contributed by atoms with Gasteiger partial charge in [0.1, 0.15) is 11.3 Å². The van der Waals surface area contributed by atoms with Crippen LogP contribution >= 0.6 is 0 Å².